The maximum atomic E-state index is 13.4. The molecule has 2 aromatic carbocycles. The Bertz CT molecular complexity index is 1010. The van der Waals surface area contributed by atoms with Gasteiger partial charge in [-0.3, -0.25) is 9.59 Å². The molecule has 148 valence electrons. The highest BCUT2D eigenvalue weighted by molar-refractivity contribution is 6.30. The smallest absolute Gasteiger partial charge is 0.239 e. The summed E-state index contributed by atoms with van der Waals surface area (Å²) in [6.45, 7) is 2.43. The number of halogens is 2. The van der Waals surface area contributed by atoms with Crippen molar-refractivity contribution in [2.45, 2.75) is 19.9 Å². The van der Waals surface area contributed by atoms with Crippen LogP contribution in [0.1, 0.15) is 23.1 Å². The Morgan fingerprint density at radius 2 is 2.17 bits per heavy atom. The third-order valence-corrected chi connectivity index (χ3v) is 5.04. The molecule has 3 rings (SSSR count). The summed E-state index contributed by atoms with van der Waals surface area (Å²) in [5.74, 6) is -1.95. The number of amides is 2. The van der Waals surface area contributed by atoms with E-state index in [0.29, 0.717) is 24.2 Å². The van der Waals surface area contributed by atoms with Gasteiger partial charge >= 0.3 is 0 Å². The molecule has 1 saturated heterocycles. The van der Waals surface area contributed by atoms with E-state index in [2.05, 4.69) is 5.32 Å². The van der Waals surface area contributed by atoms with Crippen molar-refractivity contribution in [2.24, 2.45) is 5.92 Å². The topological polar surface area (TPSA) is 73.2 Å². The molecule has 2 aromatic rings. The maximum Gasteiger partial charge on any atom is 0.239 e. The first-order valence-electron chi connectivity index (χ1n) is 9.10. The largest absolute Gasteiger partial charge is 0.351 e. The van der Waals surface area contributed by atoms with Gasteiger partial charge in [-0.05, 0) is 66.4 Å². The second-order valence-electron chi connectivity index (χ2n) is 6.83. The zero-order chi connectivity index (χ0) is 21.0. The van der Waals surface area contributed by atoms with Gasteiger partial charge < -0.3 is 10.2 Å². The van der Waals surface area contributed by atoms with Crippen molar-refractivity contribution in [2.75, 3.05) is 11.4 Å². The Morgan fingerprint density at radius 1 is 1.38 bits per heavy atom. The van der Waals surface area contributed by atoms with E-state index in [1.807, 2.05) is 31.2 Å². The lowest BCUT2D eigenvalue weighted by Gasteiger charge is -2.18. The predicted octanol–water partition coefficient (Wildman–Crippen LogP) is 3.99. The monoisotopic (exact) mass is 411 g/mol. The molecule has 5 nitrogen and oxygen atoms in total. The average molecular weight is 412 g/mol. The molecule has 2 amide bonds. The van der Waals surface area contributed by atoms with E-state index in [9.17, 15) is 14.0 Å². The Labute approximate surface area is 173 Å². The number of nitrogens with zero attached hydrogens (tertiary/aromatic N) is 2. The summed E-state index contributed by atoms with van der Waals surface area (Å²) in [5.41, 5.74) is 3.03. The van der Waals surface area contributed by atoms with E-state index in [1.165, 1.54) is 18.2 Å². The minimum absolute atomic E-state index is 0.0910. The first-order valence-corrected chi connectivity index (χ1v) is 9.47. The average Bonchev–Trinajstić information content (AvgIpc) is 3.06. The van der Waals surface area contributed by atoms with Crippen LogP contribution >= 0.6 is 11.6 Å². The minimum atomic E-state index is -0.793. The Balaban J connectivity index is 1.68. The van der Waals surface area contributed by atoms with Gasteiger partial charge in [0.05, 0.1) is 6.07 Å². The van der Waals surface area contributed by atoms with E-state index in [0.717, 1.165) is 11.1 Å². The number of aryl methyl sites for hydroxylation is 1. The van der Waals surface area contributed by atoms with Gasteiger partial charge in [0.15, 0.2) is 0 Å². The van der Waals surface area contributed by atoms with Crippen molar-refractivity contribution >= 4 is 35.2 Å². The number of hydrogen-bond donors (Lipinski definition) is 1. The fourth-order valence-electron chi connectivity index (χ4n) is 3.31. The first-order chi connectivity index (χ1) is 13.9. The van der Waals surface area contributed by atoms with Crippen molar-refractivity contribution in [1.82, 2.24) is 5.32 Å². The molecule has 7 heteroatoms. The highest BCUT2D eigenvalue weighted by Crippen LogP contribution is 2.28. The van der Waals surface area contributed by atoms with Crippen LogP contribution in [-0.2, 0) is 16.1 Å². The fraction of sp³-hybridized carbons (Fsp3) is 0.227. The minimum Gasteiger partial charge on any atom is -0.351 e. The zero-order valence-corrected chi connectivity index (χ0v) is 16.5. The lowest BCUT2D eigenvalue weighted by molar-refractivity contribution is -0.132. The second-order valence-corrected chi connectivity index (χ2v) is 7.27. The number of rotatable bonds is 5. The highest BCUT2D eigenvalue weighted by atomic mass is 35.5. The molecule has 0 aliphatic carbocycles. The Morgan fingerprint density at radius 3 is 2.90 bits per heavy atom. The van der Waals surface area contributed by atoms with Gasteiger partial charge in [0, 0.05) is 29.9 Å². The van der Waals surface area contributed by atoms with Crippen LogP contribution in [-0.4, -0.2) is 18.4 Å². The Kier molecular flexibility index (Phi) is 6.30. The molecule has 1 aliphatic heterocycles. The van der Waals surface area contributed by atoms with Crippen LogP contribution in [0.15, 0.2) is 42.5 Å². The molecule has 0 radical (unpaired) electrons. The van der Waals surface area contributed by atoms with Crippen LogP contribution in [0.25, 0.3) is 6.08 Å². The second kappa shape index (κ2) is 8.89. The van der Waals surface area contributed by atoms with Crippen LogP contribution in [0.2, 0.25) is 5.02 Å². The van der Waals surface area contributed by atoms with Gasteiger partial charge in [-0.15, -0.1) is 0 Å². The van der Waals surface area contributed by atoms with Crippen LogP contribution in [0.3, 0.4) is 0 Å². The third kappa shape index (κ3) is 4.82. The van der Waals surface area contributed by atoms with E-state index in [1.54, 1.807) is 17.0 Å². The fourth-order valence-corrected chi connectivity index (χ4v) is 3.55. The number of anilines is 1. The van der Waals surface area contributed by atoms with Crippen LogP contribution in [0, 0.1) is 30.0 Å². The van der Waals surface area contributed by atoms with Crippen LogP contribution in [0.5, 0.6) is 0 Å². The molecule has 1 N–H and O–H groups in total. The number of benzene rings is 2. The number of nitrogens with one attached hydrogen (secondary N) is 1. The van der Waals surface area contributed by atoms with Crippen LogP contribution in [0.4, 0.5) is 10.1 Å². The molecular weight excluding hydrogens is 393 g/mol. The summed E-state index contributed by atoms with van der Waals surface area (Å²) in [5, 5.41) is 11.7. The molecule has 0 bridgehead atoms. The molecular formula is C22H19ClFN3O2. The predicted molar refractivity (Wildman–Crippen MR) is 110 cm³/mol. The van der Waals surface area contributed by atoms with Gasteiger partial charge in [-0.2, -0.15) is 5.26 Å². The number of nitriles is 1. The molecule has 0 aromatic heterocycles. The van der Waals surface area contributed by atoms with Crippen molar-refractivity contribution in [3.05, 3.63) is 70.0 Å². The van der Waals surface area contributed by atoms with Crippen molar-refractivity contribution in [3.63, 3.8) is 0 Å². The number of carbonyl (C=O) groups is 2. The van der Waals surface area contributed by atoms with E-state index >= 15 is 0 Å². The molecule has 29 heavy (non-hydrogen) atoms. The van der Waals surface area contributed by atoms with E-state index in [-0.39, 0.29) is 17.5 Å². The van der Waals surface area contributed by atoms with Gasteiger partial charge in [0.25, 0.3) is 0 Å². The standard InChI is InChI=1S/C22H19ClFN3O2/c1-14-4-5-19(11-16(14)3-2-7-25)27-8-6-20(22(27)29)21(28)26-13-15-9-17(23)12-18(24)10-15/h2-5,9-12,20H,6,8,13H2,1H3,(H,26,28)/b3-2+. The SMILES string of the molecule is Cc1ccc(N2CCC(C(=O)NCc3cc(F)cc(Cl)c3)C2=O)cc1/C=C/C#N. The quantitative estimate of drug-likeness (QED) is 0.597. The van der Waals surface area contributed by atoms with Gasteiger partial charge in [0.2, 0.25) is 11.8 Å². The van der Waals surface area contributed by atoms with Gasteiger partial charge in [0.1, 0.15) is 11.7 Å². The van der Waals surface area contributed by atoms with E-state index in [4.69, 9.17) is 16.9 Å². The summed E-state index contributed by atoms with van der Waals surface area (Å²) in [7, 11) is 0. The normalized spacial score (nSPS) is 16.3. The van der Waals surface area contributed by atoms with Gasteiger partial charge in [-0.25, -0.2) is 4.39 Å². The number of allylic oxidation sites excluding steroid dienone is 1. The lowest BCUT2D eigenvalue weighted by Crippen LogP contribution is -2.36. The molecule has 1 fully saturated rings. The lowest BCUT2D eigenvalue weighted by atomic mass is 10.1. The summed E-state index contributed by atoms with van der Waals surface area (Å²) in [6.07, 6.45) is 3.46. The highest BCUT2D eigenvalue weighted by Gasteiger charge is 2.37. The van der Waals surface area contributed by atoms with Crippen molar-refractivity contribution < 1.29 is 14.0 Å². The summed E-state index contributed by atoms with van der Waals surface area (Å²) < 4.78 is 13.4. The van der Waals surface area contributed by atoms with Crippen LogP contribution < -0.4 is 10.2 Å². The van der Waals surface area contributed by atoms with E-state index < -0.39 is 17.6 Å². The van der Waals surface area contributed by atoms with Gasteiger partial charge in [-0.1, -0.05) is 17.7 Å². The zero-order valence-electron chi connectivity index (χ0n) is 15.8. The molecule has 1 aliphatic rings. The molecule has 0 saturated carbocycles. The van der Waals surface area contributed by atoms with Crippen molar-refractivity contribution in [3.8, 4) is 6.07 Å². The summed E-state index contributed by atoms with van der Waals surface area (Å²) >= 11 is 5.82. The third-order valence-electron chi connectivity index (χ3n) is 4.82. The molecule has 1 unspecified atom stereocenters. The maximum absolute atomic E-state index is 13.4. The molecule has 1 heterocycles. The molecule has 0 spiro atoms. The number of hydrogen-bond acceptors (Lipinski definition) is 3. The van der Waals surface area contributed by atoms with Crippen molar-refractivity contribution in [1.29, 1.82) is 5.26 Å². The summed E-state index contributed by atoms with van der Waals surface area (Å²) in [4.78, 5) is 26.9. The molecule has 1 atom stereocenters. The Hall–Kier alpha value is -3.17. The number of carbonyl (C=O) groups excluding carboxylic acids is 2. The summed E-state index contributed by atoms with van der Waals surface area (Å²) in [6, 6.07) is 11.5. The first kappa shape index (κ1) is 20.6.